The number of hydrogen-bond acceptors (Lipinski definition) is 3. The molecule has 0 spiro atoms. The number of nitrogens with zero attached hydrogens (tertiary/aromatic N) is 3. The van der Waals surface area contributed by atoms with Gasteiger partial charge in [0.2, 0.25) is 0 Å². The molecule has 17 heavy (non-hydrogen) atoms. The maximum absolute atomic E-state index is 4.21. The second kappa shape index (κ2) is 6.05. The number of aromatic nitrogens is 2. The van der Waals surface area contributed by atoms with Crippen LogP contribution >= 0.6 is 24.8 Å². The van der Waals surface area contributed by atoms with Crippen molar-refractivity contribution in [2.75, 3.05) is 19.6 Å². The molecule has 3 rings (SSSR count). The summed E-state index contributed by atoms with van der Waals surface area (Å²) in [6, 6.07) is 2.86. The van der Waals surface area contributed by atoms with Gasteiger partial charge in [-0.2, -0.15) is 5.10 Å². The van der Waals surface area contributed by atoms with Gasteiger partial charge >= 0.3 is 0 Å². The van der Waals surface area contributed by atoms with Crippen molar-refractivity contribution in [3.8, 4) is 0 Å². The second-order valence-corrected chi connectivity index (χ2v) is 4.75. The fourth-order valence-corrected chi connectivity index (χ4v) is 2.85. The van der Waals surface area contributed by atoms with Crippen LogP contribution in [0.1, 0.15) is 12.1 Å². The molecule has 0 aliphatic carbocycles. The van der Waals surface area contributed by atoms with E-state index in [1.54, 1.807) is 0 Å². The van der Waals surface area contributed by atoms with Gasteiger partial charge in [-0.3, -0.25) is 9.58 Å². The van der Waals surface area contributed by atoms with E-state index < -0.39 is 0 Å². The van der Waals surface area contributed by atoms with Gasteiger partial charge in [-0.25, -0.2) is 0 Å². The summed E-state index contributed by atoms with van der Waals surface area (Å²) in [5.74, 6) is 0.887. The van der Waals surface area contributed by atoms with Crippen molar-refractivity contribution in [3.05, 3.63) is 18.0 Å². The molecule has 3 heterocycles. The third kappa shape index (κ3) is 2.94. The normalized spacial score (nSPS) is 27.4. The predicted octanol–water partition coefficient (Wildman–Crippen LogP) is 1.06. The summed E-state index contributed by atoms with van der Waals surface area (Å²) >= 11 is 0. The molecule has 4 nitrogen and oxygen atoms in total. The molecule has 98 valence electrons. The van der Waals surface area contributed by atoms with Crippen molar-refractivity contribution in [2.24, 2.45) is 13.0 Å². The van der Waals surface area contributed by atoms with Crippen LogP contribution in [-0.4, -0.2) is 40.4 Å². The van der Waals surface area contributed by atoms with Crippen LogP contribution < -0.4 is 5.32 Å². The fraction of sp³-hybridized carbons (Fsp3) is 0.727. The van der Waals surface area contributed by atoms with E-state index in [4.69, 9.17) is 0 Å². The number of nitrogens with one attached hydrogen (secondary N) is 1. The van der Waals surface area contributed by atoms with Gasteiger partial charge in [-0.1, -0.05) is 0 Å². The topological polar surface area (TPSA) is 33.1 Å². The van der Waals surface area contributed by atoms with E-state index in [1.807, 2.05) is 17.9 Å². The van der Waals surface area contributed by atoms with Gasteiger partial charge in [0.05, 0.1) is 5.69 Å². The maximum Gasteiger partial charge on any atom is 0.0521 e. The molecule has 0 radical (unpaired) electrons. The van der Waals surface area contributed by atoms with Gasteiger partial charge in [-0.05, 0) is 24.9 Å². The first-order valence-corrected chi connectivity index (χ1v) is 5.75. The van der Waals surface area contributed by atoms with Gasteiger partial charge in [0, 0.05) is 38.9 Å². The summed E-state index contributed by atoms with van der Waals surface area (Å²) in [5, 5.41) is 7.78. The zero-order valence-electron chi connectivity index (χ0n) is 10.0. The van der Waals surface area contributed by atoms with Gasteiger partial charge in [-0.15, -0.1) is 24.8 Å². The largest absolute Gasteiger partial charge is 0.312 e. The minimum absolute atomic E-state index is 0. The van der Waals surface area contributed by atoms with Crippen LogP contribution in [0.4, 0.5) is 0 Å². The Bertz CT molecular complexity index is 343. The van der Waals surface area contributed by atoms with E-state index in [9.17, 15) is 0 Å². The molecule has 6 heteroatoms. The first-order valence-electron chi connectivity index (χ1n) is 5.75. The number of likely N-dealkylation sites (tertiary alicyclic amines) is 1. The van der Waals surface area contributed by atoms with Crippen LogP contribution in [0.2, 0.25) is 0 Å². The van der Waals surface area contributed by atoms with E-state index in [0.717, 1.165) is 18.5 Å². The third-order valence-electron chi connectivity index (χ3n) is 3.75. The van der Waals surface area contributed by atoms with Crippen LogP contribution in [0.25, 0.3) is 0 Å². The molecule has 0 bridgehead atoms. The molecule has 0 saturated carbocycles. The summed E-state index contributed by atoms with van der Waals surface area (Å²) in [6.07, 6.45) is 3.23. The van der Waals surface area contributed by atoms with Crippen molar-refractivity contribution in [1.82, 2.24) is 20.0 Å². The molecule has 2 aliphatic rings. The zero-order chi connectivity index (χ0) is 10.3. The van der Waals surface area contributed by atoms with E-state index in [2.05, 4.69) is 21.4 Å². The SMILES string of the molecule is Cl.Cl.Cn1nccc1CN1C[C@@H]2CCN[C@@H]2C1. The average Bonchev–Trinajstić information content (AvgIpc) is 2.83. The van der Waals surface area contributed by atoms with Gasteiger partial charge in [0.1, 0.15) is 0 Å². The van der Waals surface area contributed by atoms with Gasteiger partial charge in [0.15, 0.2) is 0 Å². The highest BCUT2D eigenvalue weighted by atomic mass is 35.5. The highest BCUT2D eigenvalue weighted by Crippen LogP contribution is 2.25. The summed E-state index contributed by atoms with van der Waals surface area (Å²) in [7, 11) is 2.02. The standard InChI is InChI=1S/C11H18N4.2ClH/c1-14-10(3-5-13-14)7-15-6-9-2-4-12-11(9)8-15;;/h3,5,9,11-12H,2,4,6-8H2,1H3;2*1H/t9-,11+;;/m0../s1. The Morgan fingerprint density at radius 3 is 2.88 bits per heavy atom. The van der Waals surface area contributed by atoms with Crippen LogP contribution in [0.5, 0.6) is 0 Å². The van der Waals surface area contributed by atoms with Crippen LogP contribution in [0.15, 0.2) is 12.3 Å². The van der Waals surface area contributed by atoms with E-state index in [-0.39, 0.29) is 24.8 Å². The molecule has 1 aromatic heterocycles. The lowest BCUT2D eigenvalue weighted by Gasteiger charge is -2.16. The Kier molecular flexibility index (Phi) is 5.25. The molecule has 1 N–H and O–H groups in total. The number of halogens is 2. The molecule has 2 aliphatic heterocycles. The monoisotopic (exact) mass is 278 g/mol. The first kappa shape index (κ1) is 14.8. The average molecular weight is 279 g/mol. The number of hydrogen-bond donors (Lipinski definition) is 1. The van der Waals surface area contributed by atoms with E-state index in [1.165, 1.54) is 31.7 Å². The first-order chi connectivity index (χ1) is 7.33. The summed E-state index contributed by atoms with van der Waals surface area (Å²) < 4.78 is 1.97. The van der Waals surface area contributed by atoms with Crippen LogP contribution in [-0.2, 0) is 13.6 Å². The van der Waals surface area contributed by atoms with Crippen LogP contribution in [0, 0.1) is 5.92 Å². The minimum Gasteiger partial charge on any atom is -0.312 e. The minimum atomic E-state index is 0. The van der Waals surface area contributed by atoms with Crippen molar-refractivity contribution in [3.63, 3.8) is 0 Å². The van der Waals surface area contributed by atoms with E-state index in [0.29, 0.717) is 0 Å². The van der Waals surface area contributed by atoms with Crippen LogP contribution in [0.3, 0.4) is 0 Å². The molecule has 0 amide bonds. The molecular weight excluding hydrogens is 259 g/mol. The lowest BCUT2D eigenvalue weighted by molar-refractivity contribution is 0.298. The third-order valence-corrected chi connectivity index (χ3v) is 3.75. The molecule has 2 fully saturated rings. The molecule has 1 aromatic rings. The number of aryl methyl sites for hydroxylation is 1. The lowest BCUT2D eigenvalue weighted by Crippen LogP contribution is -2.30. The number of rotatable bonds is 2. The highest BCUT2D eigenvalue weighted by molar-refractivity contribution is 5.85. The predicted molar refractivity (Wildman–Crippen MR) is 72.9 cm³/mol. The van der Waals surface area contributed by atoms with Crippen molar-refractivity contribution >= 4 is 24.8 Å². The fourth-order valence-electron chi connectivity index (χ4n) is 2.85. The van der Waals surface area contributed by atoms with E-state index >= 15 is 0 Å². The Labute approximate surface area is 115 Å². The Hall–Kier alpha value is -0.290. The van der Waals surface area contributed by atoms with Crippen molar-refractivity contribution in [2.45, 2.75) is 19.0 Å². The molecular formula is C11H20Cl2N4. The van der Waals surface area contributed by atoms with Crippen molar-refractivity contribution in [1.29, 1.82) is 0 Å². The Morgan fingerprint density at radius 2 is 2.24 bits per heavy atom. The number of fused-ring (bicyclic) bond motifs is 1. The quantitative estimate of drug-likeness (QED) is 0.878. The van der Waals surface area contributed by atoms with Gasteiger partial charge in [0.25, 0.3) is 0 Å². The highest BCUT2D eigenvalue weighted by Gasteiger charge is 2.35. The van der Waals surface area contributed by atoms with Gasteiger partial charge < -0.3 is 5.32 Å². The molecule has 2 atom stereocenters. The molecule has 2 saturated heterocycles. The summed E-state index contributed by atoms with van der Waals surface area (Å²) in [6.45, 7) is 4.72. The maximum atomic E-state index is 4.21. The van der Waals surface area contributed by atoms with Crippen molar-refractivity contribution < 1.29 is 0 Å². The summed E-state index contributed by atoms with van der Waals surface area (Å²) in [4.78, 5) is 2.54. The molecule has 0 aromatic carbocycles. The second-order valence-electron chi connectivity index (χ2n) is 4.75. The molecule has 0 unspecified atom stereocenters. The zero-order valence-corrected chi connectivity index (χ0v) is 11.6. The lowest BCUT2D eigenvalue weighted by atomic mass is 10.1. The summed E-state index contributed by atoms with van der Waals surface area (Å²) in [5.41, 5.74) is 1.31. The Balaban J connectivity index is 0.000000722. The smallest absolute Gasteiger partial charge is 0.0521 e. The Morgan fingerprint density at radius 1 is 1.41 bits per heavy atom.